The predicted octanol–water partition coefficient (Wildman–Crippen LogP) is 2.85. The van der Waals surface area contributed by atoms with Crippen LogP contribution in [0.2, 0.25) is 0 Å². The van der Waals surface area contributed by atoms with E-state index in [0.29, 0.717) is 16.6 Å². The summed E-state index contributed by atoms with van der Waals surface area (Å²) in [5.74, 6) is 0.679. The number of nitrogens with zero attached hydrogens (tertiary/aromatic N) is 1. The van der Waals surface area contributed by atoms with Crippen LogP contribution in [0.15, 0.2) is 0 Å². The van der Waals surface area contributed by atoms with Crippen LogP contribution in [0.1, 0.15) is 52.9 Å². The Morgan fingerprint density at radius 3 is 2.47 bits per heavy atom. The summed E-state index contributed by atoms with van der Waals surface area (Å²) < 4.78 is 0.301. The Kier molecular flexibility index (Phi) is 4.83. The zero-order valence-corrected chi connectivity index (χ0v) is 13.6. The van der Waals surface area contributed by atoms with Crippen LogP contribution in [-0.2, 0) is 4.79 Å². The van der Waals surface area contributed by atoms with Gasteiger partial charge in [-0.1, -0.05) is 33.1 Å². The second-order valence-corrected chi connectivity index (χ2v) is 7.75. The third-order valence-corrected chi connectivity index (χ3v) is 6.16. The van der Waals surface area contributed by atoms with Gasteiger partial charge in [-0.2, -0.15) is 11.8 Å². The van der Waals surface area contributed by atoms with Gasteiger partial charge >= 0.3 is 0 Å². The summed E-state index contributed by atoms with van der Waals surface area (Å²) in [6, 6.07) is 0.0116. The first-order valence-corrected chi connectivity index (χ1v) is 8.83. The summed E-state index contributed by atoms with van der Waals surface area (Å²) in [6.45, 7) is 7.29. The SMILES string of the molecule is CSC1(CN2C(=O)C(C(C)C)NC2C)CCCCC1. The van der Waals surface area contributed by atoms with E-state index in [9.17, 15) is 4.79 Å². The molecular formula is C15H28N2OS. The molecule has 1 N–H and O–H groups in total. The van der Waals surface area contributed by atoms with Gasteiger partial charge in [-0.15, -0.1) is 0 Å². The van der Waals surface area contributed by atoms with Gasteiger partial charge in [0.05, 0.1) is 12.2 Å². The molecule has 2 unspecified atom stereocenters. The van der Waals surface area contributed by atoms with Gasteiger partial charge < -0.3 is 4.90 Å². The Labute approximate surface area is 121 Å². The molecular weight excluding hydrogens is 256 g/mol. The molecule has 1 saturated heterocycles. The van der Waals surface area contributed by atoms with E-state index in [2.05, 4.69) is 37.2 Å². The topological polar surface area (TPSA) is 32.3 Å². The van der Waals surface area contributed by atoms with E-state index in [-0.39, 0.29) is 12.2 Å². The number of carbonyl (C=O) groups excluding carboxylic acids is 1. The first-order chi connectivity index (χ1) is 8.99. The summed E-state index contributed by atoms with van der Waals surface area (Å²) in [7, 11) is 0. The maximum atomic E-state index is 12.5. The molecule has 0 aromatic carbocycles. The molecule has 0 bridgehead atoms. The summed E-state index contributed by atoms with van der Waals surface area (Å²) in [6.07, 6.45) is 8.92. The van der Waals surface area contributed by atoms with Crippen molar-refractivity contribution in [3.8, 4) is 0 Å². The Morgan fingerprint density at radius 1 is 1.37 bits per heavy atom. The fourth-order valence-corrected chi connectivity index (χ4v) is 4.38. The van der Waals surface area contributed by atoms with Crippen LogP contribution in [0.25, 0.3) is 0 Å². The van der Waals surface area contributed by atoms with E-state index in [1.165, 1.54) is 32.1 Å². The molecule has 0 spiro atoms. The first kappa shape index (κ1) is 15.2. The van der Waals surface area contributed by atoms with E-state index in [0.717, 1.165) is 6.54 Å². The molecule has 1 heterocycles. The second-order valence-electron chi connectivity index (χ2n) is 6.48. The highest BCUT2D eigenvalue weighted by molar-refractivity contribution is 8.00. The summed E-state index contributed by atoms with van der Waals surface area (Å²) in [5.41, 5.74) is 0. The molecule has 2 atom stereocenters. The molecule has 4 heteroatoms. The van der Waals surface area contributed by atoms with Crippen molar-refractivity contribution in [2.75, 3.05) is 12.8 Å². The van der Waals surface area contributed by atoms with E-state index >= 15 is 0 Å². The highest BCUT2D eigenvalue weighted by atomic mass is 32.2. The summed E-state index contributed by atoms with van der Waals surface area (Å²) >= 11 is 1.97. The second kappa shape index (κ2) is 6.04. The zero-order chi connectivity index (χ0) is 14.0. The van der Waals surface area contributed by atoms with Crippen molar-refractivity contribution in [2.24, 2.45) is 5.92 Å². The number of rotatable bonds is 4. The lowest BCUT2D eigenvalue weighted by Gasteiger charge is -2.39. The molecule has 1 aliphatic heterocycles. The number of amides is 1. The van der Waals surface area contributed by atoms with E-state index < -0.39 is 0 Å². The minimum Gasteiger partial charge on any atom is -0.325 e. The minimum atomic E-state index is 0.0116. The van der Waals surface area contributed by atoms with Crippen molar-refractivity contribution < 1.29 is 4.79 Å². The zero-order valence-electron chi connectivity index (χ0n) is 12.7. The monoisotopic (exact) mass is 284 g/mol. The van der Waals surface area contributed by atoms with Crippen LogP contribution >= 0.6 is 11.8 Å². The molecule has 2 aliphatic rings. The fraction of sp³-hybridized carbons (Fsp3) is 0.933. The molecule has 0 radical (unpaired) electrons. The van der Waals surface area contributed by atoms with Crippen LogP contribution in [0.5, 0.6) is 0 Å². The average molecular weight is 284 g/mol. The lowest BCUT2D eigenvalue weighted by atomic mass is 9.87. The molecule has 0 aromatic heterocycles. The van der Waals surface area contributed by atoms with Gasteiger partial charge in [-0.05, 0) is 31.9 Å². The molecule has 1 aliphatic carbocycles. The highest BCUT2D eigenvalue weighted by Crippen LogP contribution is 2.40. The van der Waals surface area contributed by atoms with Gasteiger partial charge in [0, 0.05) is 11.3 Å². The van der Waals surface area contributed by atoms with Crippen LogP contribution in [-0.4, -0.2) is 40.6 Å². The normalized spacial score (nSPS) is 31.2. The minimum absolute atomic E-state index is 0.0116. The van der Waals surface area contributed by atoms with Crippen molar-refractivity contribution in [3.05, 3.63) is 0 Å². The number of thioether (sulfide) groups is 1. The van der Waals surface area contributed by atoms with Crippen LogP contribution in [0.4, 0.5) is 0 Å². The maximum absolute atomic E-state index is 12.5. The van der Waals surface area contributed by atoms with Crippen LogP contribution in [0.3, 0.4) is 0 Å². The maximum Gasteiger partial charge on any atom is 0.241 e. The molecule has 2 rings (SSSR count). The van der Waals surface area contributed by atoms with Gasteiger partial charge in [0.2, 0.25) is 5.91 Å². The number of hydrogen-bond acceptors (Lipinski definition) is 3. The van der Waals surface area contributed by atoms with Gasteiger partial charge in [-0.3, -0.25) is 10.1 Å². The van der Waals surface area contributed by atoms with Crippen molar-refractivity contribution >= 4 is 17.7 Å². The van der Waals surface area contributed by atoms with Crippen molar-refractivity contribution in [1.82, 2.24) is 10.2 Å². The van der Waals surface area contributed by atoms with E-state index in [4.69, 9.17) is 0 Å². The lowest BCUT2D eigenvalue weighted by molar-refractivity contribution is -0.131. The van der Waals surface area contributed by atoms with Gasteiger partial charge in [0.15, 0.2) is 0 Å². The number of nitrogens with one attached hydrogen (secondary N) is 1. The molecule has 19 heavy (non-hydrogen) atoms. The van der Waals surface area contributed by atoms with Gasteiger partial charge in [0.1, 0.15) is 0 Å². The van der Waals surface area contributed by atoms with Gasteiger partial charge in [-0.25, -0.2) is 0 Å². The average Bonchev–Trinajstić information content (AvgIpc) is 2.68. The summed E-state index contributed by atoms with van der Waals surface area (Å²) in [4.78, 5) is 14.6. The van der Waals surface area contributed by atoms with Crippen molar-refractivity contribution in [1.29, 1.82) is 0 Å². The Morgan fingerprint density at radius 2 is 2.00 bits per heavy atom. The van der Waals surface area contributed by atoms with Crippen LogP contribution < -0.4 is 5.32 Å². The quantitative estimate of drug-likeness (QED) is 0.861. The fourth-order valence-electron chi connectivity index (χ4n) is 3.42. The highest BCUT2D eigenvalue weighted by Gasteiger charge is 2.42. The van der Waals surface area contributed by atoms with Crippen molar-refractivity contribution in [3.63, 3.8) is 0 Å². The smallest absolute Gasteiger partial charge is 0.241 e. The standard InChI is InChI=1S/C15H28N2OS/c1-11(2)13-14(18)17(12(3)16-13)10-15(19-4)8-6-5-7-9-15/h11-13,16H,5-10H2,1-4H3. The molecule has 1 saturated carbocycles. The van der Waals surface area contributed by atoms with Crippen molar-refractivity contribution in [2.45, 2.75) is 69.8 Å². The lowest BCUT2D eigenvalue weighted by Crippen LogP contribution is -2.46. The third kappa shape index (κ3) is 3.10. The Hall–Kier alpha value is -0.220. The molecule has 0 aromatic rings. The Balaban J connectivity index is 2.07. The number of carbonyl (C=O) groups is 1. The largest absolute Gasteiger partial charge is 0.325 e. The molecule has 1 amide bonds. The number of hydrogen-bond donors (Lipinski definition) is 1. The summed E-state index contributed by atoms with van der Waals surface area (Å²) in [5, 5.41) is 3.45. The molecule has 2 fully saturated rings. The van der Waals surface area contributed by atoms with Crippen LogP contribution in [0, 0.1) is 5.92 Å². The first-order valence-electron chi connectivity index (χ1n) is 7.61. The molecule has 3 nitrogen and oxygen atoms in total. The predicted molar refractivity (Wildman–Crippen MR) is 82.3 cm³/mol. The van der Waals surface area contributed by atoms with E-state index in [1.54, 1.807) is 0 Å². The third-order valence-electron chi connectivity index (χ3n) is 4.76. The molecule has 110 valence electrons. The Bertz CT molecular complexity index is 326. The van der Waals surface area contributed by atoms with Gasteiger partial charge in [0.25, 0.3) is 0 Å². The van der Waals surface area contributed by atoms with E-state index in [1.807, 2.05) is 11.8 Å².